The first kappa shape index (κ1) is 13.8. The maximum atomic E-state index is 12.4. The Kier molecular flexibility index (Phi) is 3.69. The van der Waals surface area contributed by atoms with Crippen LogP contribution in [0.1, 0.15) is 31.4 Å². The first-order valence-electron chi connectivity index (χ1n) is 6.95. The Hall–Kier alpha value is -1.14. The molecule has 0 unspecified atom stereocenters. The number of pyridine rings is 1. The molecule has 3 heterocycles. The van der Waals surface area contributed by atoms with E-state index in [-0.39, 0.29) is 24.2 Å². The average molecular weight is 340 g/mol. The van der Waals surface area contributed by atoms with E-state index in [4.69, 9.17) is 0 Å². The molecule has 2 aliphatic heterocycles. The molecule has 2 atom stereocenters. The van der Waals surface area contributed by atoms with Gasteiger partial charge in [0.25, 0.3) is 0 Å². The van der Waals surface area contributed by atoms with Gasteiger partial charge < -0.3 is 10.0 Å². The number of aliphatic hydroxyl groups is 1. The number of carbonyl (C=O) groups is 1. The number of hydrogen-bond acceptors (Lipinski definition) is 3. The Morgan fingerprint density at radius 1 is 1.40 bits per heavy atom. The lowest BCUT2D eigenvalue weighted by atomic mass is 10.0. The number of hydrogen-bond donors (Lipinski definition) is 2. The van der Waals surface area contributed by atoms with Crippen molar-refractivity contribution in [3.63, 3.8) is 0 Å². The predicted molar refractivity (Wildman–Crippen MR) is 79.6 cm³/mol. The van der Waals surface area contributed by atoms with Crippen molar-refractivity contribution in [2.24, 2.45) is 0 Å². The summed E-state index contributed by atoms with van der Waals surface area (Å²) in [6.07, 6.45) is 3.10. The van der Waals surface area contributed by atoms with E-state index in [1.807, 2.05) is 17.9 Å². The largest absolute Gasteiger partial charge is 0.393 e. The molecule has 1 aromatic rings. The summed E-state index contributed by atoms with van der Waals surface area (Å²) in [6.45, 7) is 1.89. The predicted octanol–water partition coefficient (Wildman–Crippen LogP) is 2.67. The Labute approximate surface area is 126 Å². The minimum absolute atomic E-state index is 0.0985. The second kappa shape index (κ2) is 5.33. The molecule has 0 aliphatic carbocycles. The van der Waals surface area contributed by atoms with Crippen molar-refractivity contribution in [2.45, 2.75) is 50.8 Å². The van der Waals surface area contributed by atoms with Gasteiger partial charge in [0, 0.05) is 16.6 Å². The molecule has 0 spiro atoms. The third-order valence-electron chi connectivity index (χ3n) is 4.20. The Balaban J connectivity index is 1.72. The molecule has 3 rings (SSSR count). The average Bonchev–Trinajstić information content (AvgIpc) is 2.66. The van der Waals surface area contributed by atoms with Gasteiger partial charge in [-0.05, 0) is 60.7 Å². The fraction of sp³-hybridized carbons (Fsp3) is 0.571. The number of fused-ring (bicyclic) bond motifs is 2. The van der Waals surface area contributed by atoms with Crippen molar-refractivity contribution in [2.75, 3.05) is 5.32 Å². The van der Waals surface area contributed by atoms with Gasteiger partial charge in [0.15, 0.2) is 0 Å². The van der Waals surface area contributed by atoms with Crippen LogP contribution in [0.25, 0.3) is 0 Å². The first-order chi connectivity index (χ1) is 9.54. The van der Waals surface area contributed by atoms with Gasteiger partial charge in [-0.15, -0.1) is 0 Å². The number of aliphatic hydroxyl groups excluding tert-OH is 1. The fourth-order valence-corrected chi connectivity index (χ4v) is 3.49. The van der Waals surface area contributed by atoms with E-state index in [0.29, 0.717) is 18.7 Å². The molecular weight excluding hydrogens is 322 g/mol. The Bertz CT molecular complexity index is 523. The summed E-state index contributed by atoms with van der Waals surface area (Å²) in [5.74, 6) is 0.571. The van der Waals surface area contributed by atoms with E-state index in [1.165, 1.54) is 0 Å². The standard InChI is InChI=1S/C14H18BrN3O2/c1-8-12(15)4-5-13(16-8)17-14(20)18-9-2-3-10(18)7-11(19)6-9/h4-5,9-11,19H,2-3,6-7H2,1H3,(H,16,17,20)/t9-,10-/m0/s1. The molecule has 2 N–H and O–H groups in total. The number of halogens is 1. The maximum absolute atomic E-state index is 12.4. The number of amides is 2. The van der Waals surface area contributed by atoms with E-state index in [2.05, 4.69) is 26.2 Å². The van der Waals surface area contributed by atoms with Gasteiger partial charge in [0.05, 0.1) is 11.8 Å². The normalized spacial score (nSPS) is 28.6. The van der Waals surface area contributed by atoms with Crippen LogP contribution in [0.4, 0.5) is 10.6 Å². The van der Waals surface area contributed by atoms with Gasteiger partial charge >= 0.3 is 6.03 Å². The highest BCUT2D eigenvalue weighted by Crippen LogP contribution is 2.36. The number of urea groups is 1. The van der Waals surface area contributed by atoms with Crippen molar-refractivity contribution < 1.29 is 9.90 Å². The summed E-state index contributed by atoms with van der Waals surface area (Å²) < 4.78 is 0.927. The second-order valence-electron chi connectivity index (χ2n) is 5.61. The van der Waals surface area contributed by atoms with Gasteiger partial charge in [-0.2, -0.15) is 0 Å². The van der Waals surface area contributed by atoms with Crippen LogP contribution in [0.3, 0.4) is 0 Å². The minimum atomic E-state index is -0.260. The molecular formula is C14H18BrN3O2. The fourth-order valence-electron chi connectivity index (χ4n) is 3.27. The lowest BCUT2D eigenvalue weighted by Gasteiger charge is -2.36. The molecule has 0 aromatic carbocycles. The Morgan fingerprint density at radius 3 is 2.65 bits per heavy atom. The van der Waals surface area contributed by atoms with Crippen LogP contribution in [-0.2, 0) is 0 Å². The molecule has 2 amide bonds. The van der Waals surface area contributed by atoms with Crippen LogP contribution in [0, 0.1) is 6.92 Å². The summed E-state index contributed by atoms with van der Waals surface area (Å²) in [4.78, 5) is 18.6. The molecule has 0 radical (unpaired) electrons. The molecule has 0 saturated carbocycles. The van der Waals surface area contributed by atoms with Crippen molar-refractivity contribution in [3.8, 4) is 0 Å². The van der Waals surface area contributed by atoms with Crippen LogP contribution in [0.2, 0.25) is 0 Å². The molecule has 5 nitrogen and oxygen atoms in total. The highest BCUT2D eigenvalue weighted by molar-refractivity contribution is 9.10. The molecule has 2 fully saturated rings. The number of carbonyl (C=O) groups excluding carboxylic acids is 1. The zero-order valence-electron chi connectivity index (χ0n) is 11.3. The molecule has 6 heteroatoms. The highest BCUT2D eigenvalue weighted by atomic mass is 79.9. The molecule has 2 bridgehead atoms. The Morgan fingerprint density at radius 2 is 2.05 bits per heavy atom. The van der Waals surface area contributed by atoms with Crippen LogP contribution >= 0.6 is 15.9 Å². The quantitative estimate of drug-likeness (QED) is 0.826. The molecule has 1 aromatic heterocycles. The van der Waals surface area contributed by atoms with Crippen molar-refractivity contribution in [1.82, 2.24) is 9.88 Å². The van der Waals surface area contributed by atoms with E-state index in [9.17, 15) is 9.90 Å². The first-order valence-corrected chi connectivity index (χ1v) is 7.74. The maximum Gasteiger partial charge on any atom is 0.323 e. The SMILES string of the molecule is Cc1nc(NC(=O)N2[C@H]3CC[C@H]2CC(O)C3)ccc1Br. The number of nitrogens with one attached hydrogen (secondary N) is 1. The summed E-state index contributed by atoms with van der Waals surface area (Å²) >= 11 is 3.39. The smallest absolute Gasteiger partial charge is 0.323 e. The number of anilines is 1. The minimum Gasteiger partial charge on any atom is -0.393 e. The zero-order chi connectivity index (χ0) is 14.3. The van der Waals surface area contributed by atoms with Crippen LogP contribution in [0.15, 0.2) is 16.6 Å². The molecule has 2 saturated heterocycles. The van der Waals surface area contributed by atoms with E-state index < -0.39 is 0 Å². The van der Waals surface area contributed by atoms with E-state index in [1.54, 1.807) is 6.07 Å². The highest BCUT2D eigenvalue weighted by Gasteiger charge is 2.42. The topological polar surface area (TPSA) is 65.5 Å². The summed E-state index contributed by atoms with van der Waals surface area (Å²) in [6, 6.07) is 3.90. The lowest BCUT2D eigenvalue weighted by molar-refractivity contribution is 0.0580. The lowest BCUT2D eigenvalue weighted by Crippen LogP contribution is -2.49. The molecule has 20 heavy (non-hydrogen) atoms. The number of aryl methyl sites for hydroxylation is 1. The number of rotatable bonds is 1. The van der Waals surface area contributed by atoms with Crippen LogP contribution < -0.4 is 5.32 Å². The van der Waals surface area contributed by atoms with Crippen molar-refractivity contribution in [3.05, 3.63) is 22.3 Å². The third kappa shape index (κ3) is 2.54. The number of piperidine rings is 1. The van der Waals surface area contributed by atoms with Gasteiger partial charge in [-0.1, -0.05) is 0 Å². The summed E-state index contributed by atoms with van der Waals surface area (Å²) in [5, 5.41) is 12.6. The third-order valence-corrected chi connectivity index (χ3v) is 5.04. The van der Waals surface area contributed by atoms with Crippen molar-refractivity contribution >= 4 is 27.8 Å². The number of aromatic nitrogens is 1. The van der Waals surface area contributed by atoms with Crippen LogP contribution in [0.5, 0.6) is 0 Å². The van der Waals surface area contributed by atoms with E-state index >= 15 is 0 Å². The molecule has 2 aliphatic rings. The van der Waals surface area contributed by atoms with Gasteiger partial charge in [0.2, 0.25) is 0 Å². The van der Waals surface area contributed by atoms with Crippen molar-refractivity contribution in [1.29, 1.82) is 0 Å². The second-order valence-corrected chi connectivity index (χ2v) is 6.47. The van der Waals surface area contributed by atoms with E-state index in [0.717, 1.165) is 23.0 Å². The summed E-state index contributed by atoms with van der Waals surface area (Å²) in [5.41, 5.74) is 0.847. The monoisotopic (exact) mass is 339 g/mol. The zero-order valence-corrected chi connectivity index (χ0v) is 12.9. The van der Waals surface area contributed by atoms with Crippen LogP contribution in [-0.4, -0.2) is 39.2 Å². The van der Waals surface area contributed by atoms with Gasteiger partial charge in [-0.25, -0.2) is 9.78 Å². The number of nitrogens with zero attached hydrogens (tertiary/aromatic N) is 2. The molecule has 108 valence electrons. The summed E-state index contributed by atoms with van der Waals surface area (Å²) in [7, 11) is 0. The van der Waals surface area contributed by atoms with Gasteiger partial charge in [-0.3, -0.25) is 5.32 Å². The van der Waals surface area contributed by atoms with Gasteiger partial charge in [0.1, 0.15) is 5.82 Å².